The Morgan fingerprint density at radius 3 is 2.48 bits per heavy atom. The standard InChI is InChI=1S/C20H18N2O5S2/c1-25-13-8-9-15(26-2)12(10-13)11-17-19(24)22(20(28)29-17)21-18(23)14-6-4-5-7-16(14)27-3/h4-11H,1-3H3,(H,21,23). The third-order valence-corrected chi connectivity index (χ3v) is 5.38. The van der Waals surface area contributed by atoms with Crippen molar-refractivity contribution in [2.24, 2.45) is 0 Å². The summed E-state index contributed by atoms with van der Waals surface area (Å²) in [4.78, 5) is 25.8. The quantitative estimate of drug-likeness (QED) is 0.557. The summed E-state index contributed by atoms with van der Waals surface area (Å²) in [6, 6.07) is 12.0. The summed E-state index contributed by atoms with van der Waals surface area (Å²) >= 11 is 6.36. The molecule has 7 nitrogen and oxygen atoms in total. The minimum atomic E-state index is -0.501. The van der Waals surface area contributed by atoms with Crippen molar-refractivity contribution >= 4 is 46.2 Å². The number of carbonyl (C=O) groups is 2. The summed E-state index contributed by atoms with van der Waals surface area (Å²) in [5.41, 5.74) is 3.49. The predicted molar refractivity (Wildman–Crippen MR) is 115 cm³/mol. The largest absolute Gasteiger partial charge is 0.497 e. The van der Waals surface area contributed by atoms with Gasteiger partial charge in [-0.2, -0.15) is 5.01 Å². The molecular formula is C20H18N2O5S2. The number of thiocarbonyl (C=S) groups is 1. The molecule has 0 unspecified atom stereocenters. The fourth-order valence-electron chi connectivity index (χ4n) is 2.65. The smallest absolute Gasteiger partial charge is 0.285 e. The lowest BCUT2D eigenvalue weighted by atomic mass is 10.1. The first-order valence-corrected chi connectivity index (χ1v) is 9.65. The number of carbonyl (C=O) groups excluding carboxylic acids is 2. The van der Waals surface area contributed by atoms with Crippen molar-refractivity contribution in [3.63, 3.8) is 0 Å². The molecule has 1 N–H and O–H groups in total. The molecule has 1 fully saturated rings. The Kier molecular flexibility index (Phi) is 6.40. The third kappa shape index (κ3) is 4.36. The molecule has 2 amide bonds. The number of ether oxygens (including phenoxy) is 3. The SMILES string of the molecule is COc1ccc(OC)c(C=C2SC(=S)N(NC(=O)c3ccccc3OC)C2=O)c1. The lowest BCUT2D eigenvalue weighted by Crippen LogP contribution is -2.44. The Morgan fingerprint density at radius 2 is 1.79 bits per heavy atom. The van der Waals surface area contributed by atoms with Crippen LogP contribution >= 0.6 is 24.0 Å². The first-order chi connectivity index (χ1) is 14.0. The number of nitrogens with one attached hydrogen (secondary N) is 1. The van der Waals surface area contributed by atoms with Crippen molar-refractivity contribution in [3.05, 3.63) is 58.5 Å². The molecule has 1 aliphatic heterocycles. The molecule has 2 aromatic rings. The molecule has 0 bridgehead atoms. The second-order valence-corrected chi connectivity index (χ2v) is 7.44. The first-order valence-electron chi connectivity index (χ1n) is 8.42. The molecule has 0 aromatic heterocycles. The van der Waals surface area contributed by atoms with Gasteiger partial charge in [0.05, 0.1) is 31.8 Å². The van der Waals surface area contributed by atoms with Crippen molar-refractivity contribution in [2.75, 3.05) is 21.3 Å². The highest BCUT2D eigenvalue weighted by Crippen LogP contribution is 2.34. The normalized spacial score (nSPS) is 14.9. The molecule has 3 rings (SSSR count). The number of hydrogen-bond donors (Lipinski definition) is 1. The fourth-order valence-corrected chi connectivity index (χ4v) is 3.82. The molecular weight excluding hydrogens is 412 g/mol. The Morgan fingerprint density at radius 1 is 1.07 bits per heavy atom. The van der Waals surface area contributed by atoms with Crippen LogP contribution in [-0.2, 0) is 4.79 Å². The topological polar surface area (TPSA) is 77.1 Å². The molecule has 0 saturated carbocycles. The van der Waals surface area contributed by atoms with Gasteiger partial charge in [0, 0.05) is 5.56 Å². The van der Waals surface area contributed by atoms with Gasteiger partial charge in [-0.3, -0.25) is 15.0 Å². The van der Waals surface area contributed by atoms with Crippen molar-refractivity contribution in [1.29, 1.82) is 0 Å². The summed E-state index contributed by atoms with van der Waals surface area (Å²) < 4.78 is 16.0. The Bertz CT molecular complexity index is 1010. The number of methoxy groups -OCH3 is 3. The second kappa shape index (κ2) is 8.97. The maximum Gasteiger partial charge on any atom is 0.285 e. The molecule has 0 atom stereocenters. The zero-order chi connectivity index (χ0) is 21.0. The van der Waals surface area contributed by atoms with Gasteiger partial charge in [-0.15, -0.1) is 0 Å². The predicted octanol–water partition coefficient (Wildman–Crippen LogP) is 3.26. The van der Waals surface area contributed by atoms with Crippen LogP contribution in [0.4, 0.5) is 0 Å². The molecule has 0 spiro atoms. The van der Waals surface area contributed by atoms with Gasteiger partial charge in [0.2, 0.25) is 0 Å². The van der Waals surface area contributed by atoms with Gasteiger partial charge in [-0.1, -0.05) is 23.9 Å². The van der Waals surface area contributed by atoms with E-state index < -0.39 is 11.8 Å². The van der Waals surface area contributed by atoms with Crippen LogP contribution in [0.15, 0.2) is 47.4 Å². The van der Waals surface area contributed by atoms with Crippen LogP contribution in [0.5, 0.6) is 17.2 Å². The molecule has 0 radical (unpaired) electrons. The second-order valence-electron chi connectivity index (χ2n) is 5.77. The number of benzene rings is 2. The van der Waals surface area contributed by atoms with E-state index in [0.717, 1.165) is 16.8 Å². The van der Waals surface area contributed by atoms with E-state index >= 15 is 0 Å². The molecule has 150 valence electrons. The van der Waals surface area contributed by atoms with E-state index in [0.29, 0.717) is 33.3 Å². The van der Waals surface area contributed by atoms with E-state index in [-0.39, 0.29) is 4.32 Å². The molecule has 1 saturated heterocycles. The van der Waals surface area contributed by atoms with Crippen LogP contribution in [-0.4, -0.2) is 42.5 Å². The molecule has 9 heteroatoms. The lowest BCUT2D eigenvalue weighted by Gasteiger charge is -2.16. The monoisotopic (exact) mass is 430 g/mol. The van der Waals surface area contributed by atoms with E-state index in [9.17, 15) is 9.59 Å². The highest BCUT2D eigenvalue weighted by atomic mass is 32.2. The number of hydrogen-bond acceptors (Lipinski definition) is 7. The van der Waals surface area contributed by atoms with Crippen molar-refractivity contribution in [2.45, 2.75) is 0 Å². The van der Waals surface area contributed by atoms with Crippen LogP contribution in [0.3, 0.4) is 0 Å². The summed E-state index contributed by atoms with van der Waals surface area (Å²) in [5, 5.41) is 1.05. The number of hydrazine groups is 1. The van der Waals surface area contributed by atoms with E-state index in [1.807, 2.05) is 0 Å². The Labute approximate surface area is 177 Å². The van der Waals surface area contributed by atoms with E-state index in [2.05, 4.69) is 5.43 Å². The van der Waals surface area contributed by atoms with Crippen LogP contribution in [0.1, 0.15) is 15.9 Å². The van der Waals surface area contributed by atoms with Crippen LogP contribution in [0.25, 0.3) is 6.08 Å². The number of nitrogens with zero attached hydrogens (tertiary/aromatic N) is 1. The van der Waals surface area contributed by atoms with Crippen molar-refractivity contribution < 1.29 is 23.8 Å². The zero-order valence-corrected chi connectivity index (χ0v) is 17.6. The van der Waals surface area contributed by atoms with Crippen LogP contribution in [0, 0.1) is 0 Å². The minimum absolute atomic E-state index is 0.214. The summed E-state index contributed by atoms with van der Waals surface area (Å²) in [6.45, 7) is 0. The number of rotatable bonds is 6. The highest BCUT2D eigenvalue weighted by molar-refractivity contribution is 8.26. The lowest BCUT2D eigenvalue weighted by molar-refractivity contribution is -0.123. The van der Waals surface area contributed by atoms with E-state index in [4.69, 9.17) is 26.4 Å². The van der Waals surface area contributed by atoms with Crippen molar-refractivity contribution in [1.82, 2.24) is 10.4 Å². The average Bonchev–Trinajstić information content (AvgIpc) is 3.00. The number of thioether (sulfide) groups is 1. The van der Waals surface area contributed by atoms with Gasteiger partial charge < -0.3 is 14.2 Å². The molecule has 1 heterocycles. The third-order valence-electron chi connectivity index (χ3n) is 4.08. The van der Waals surface area contributed by atoms with Gasteiger partial charge in [-0.25, -0.2) is 0 Å². The van der Waals surface area contributed by atoms with Gasteiger partial charge in [0.25, 0.3) is 11.8 Å². The summed E-state index contributed by atoms with van der Waals surface area (Å²) in [6.07, 6.45) is 1.65. The number of amides is 2. The van der Waals surface area contributed by atoms with E-state index in [1.54, 1.807) is 55.7 Å². The van der Waals surface area contributed by atoms with Crippen molar-refractivity contribution in [3.8, 4) is 17.2 Å². The minimum Gasteiger partial charge on any atom is -0.497 e. The number of para-hydroxylation sites is 1. The molecule has 1 aliphatic rings. The zero-order valence-electron chi connectivity index (χ0n) is 15.9. The van der Waals surface area contributed by atoms with E-state index in [1.165, 1.54) is 14.2 Å². The van der Waals surface area contributed by atoms with Gasteiger partial charge >= 0.3 is 0 Å². The first kappa shape index (κ1) is 20.7. The Balaban J connectivity index is 1.85. The summed E-state index contributed by atoms with van der Waals surface area (Å²) in [5.74, 6) is 0.658. The van der Waals surface area contributed by atoms with Gasteiger partial charge in [0.1, 0.15) is 17.2 Å². The maximum atomic E-state index is 12.8. The average molecular weight is 431 g/mol. The van der Waals surface area contributed by atoms with Crippen LogP contribution in [0.2, 0.25) is 0 Å². The highest BCUT2D eigenvalue weighted by Gasteiger charge is 2.34. The van der Waals surface area contributed by atoms with Crippen LogP contribution < -0.4 is 19.6 Å². The maximum absolute atomic E-state index is 12.8. The molecule has 29 heavy (non-hydrogen) atoms. The Hall–Kier alpha value is -3.04. The van der Waals surface area contributed by atoms with Gasteiger partial charge in [0.15, 0.2) is 4.32 Å². The molecule has 0 aliphatic carbocycles. The fraction of sp³-hybridized carbons (Fsp3) is 0.150. The molecule has 2 aromatic carbocycles. The van der Waals surface area contributed by atoms with Gasteiger partial charge in [-0.05, 0) is 48.6 Å². The summed E-state index contributed by atoms with van der Waals surface area (Å²) in [7, 11) is 4.56.